The Morgan fingerprint density at radius 2 is 2.00 bits per heavy atom. The minimum absolute atomic E-state index is 0.324. The molecule has 1 aromatic carbocycles. The van der Waals surface area contributed by atoms with Gasteiger partial charge in [0, 0.05) is 13.1 Å². The van der Waals surface area contributed by atoms with Crippen molar-refractivity contribution in [1.29, 1.82) is 0 Å². The molecule has 4 heteroatoms. The monoisotopic (exact) mass is 238 g/mol. The molecule has 0 aliphatic heterocycles. The second-order valence-electron chi connectivity index (χ2n) is 3.84. The summed E-state index contributed by atoms with van der Waals surface area (Å²) in [5.41, 5.74) is 0.961. The molecule has 0 aliphatic rings. The third kappa shape index (κ3) is 3.10. The van der Waals surface area contributed by atoms with Crippen LogP contribution in [0.2, 0.25) is 0 Å². The van der Waals surface area contributed by atoms with Crippen LogP contribution < -0.4 is 15.0 Å². The van der Waals surface area contributed by atoms with Gasteiger partial charge in [0.15, 0.2) is 5.11 Å². The predicted octanol–water partition coefficient (Wildman–Crippen LogP) is 2.41. The standard InChI is InChI=1S/C12H18N2OS/c1-9(2)13-12(16)14(3)10-7-5-6-8-11(10)15-4/h5-9H,1-4H3,(H,13,16). The Morgan fingerprint density at radius 3 is 2.56 bits per heavy atom. The first-order valence-corrected chi connectivity index (χ1v) is 5.64. The molecule has 1 N–H and O–H groups in total. The molecule has 0 aliphatic carbocycles. The van der Waals surface area contributed by atoms with Crippen molar-refractivity contribution in [1.82, 2.24) is 5.32 Å². The number of anilines is 1. The van der Waals surface area contributed by atoms with Gasteiger partial charge >= 0.3 is 0 Å². The summed E-state index contributed by atoms with van der Waals surface area (Å²) < 4.78 is 5.29. The van der Waals surface area contributed by atoms with Crippen LogP contribution in [0.4, 0.5) is 5.69 Å². The number of methoxy groups -OCH3 is 1. The van der Waals surface area contributed by atoms with Crippen molar-refractivity contribution in [2.45, 2.75) is 19.9 Å². The van der Waals surface area contributed by atoms with Crippen LogP contribution in [-0.2, 0) is 0 Å². The molecular formula is C12H18N2OS. The summed E-state index contributed by atoms with van der Waals surface area (Å²) in [6.07, 6.45) is 0. The predicted molar refractivity (Wildman–Crippen MR) is 72.3 cm³/mol. The topological polar surface area (TPSA) is 24.5 Å². The highest BCUT2D eigenvalue weighted by molar-refractivity contribution is 7.80. The lowest BCUT2D eigenvalue weighted by Gasteiger charge is -2.24. The largest absolute Gasteiger partial charge is 0.495 e. The van der Waals surface area contributed by atoms with Crippen LogP contribution in [-0.4, -0.2) is 25.3 Å². The van der Waals surface area contributed by atoms with E-state index in [0.29, 0.717) is 11.2 Å². The Kier molecular flexibility index (Phi) is 4.55. The van der Waals surface area contributed by atoms with Crippen LogP contribution in [0.5, 0.6) is 5.75 Å². The molecule has 0 saturated carbocycles. The van der Waals surface area contributed by atoms with E-state index < -0.39 is 0 Å². The Balaban J connectivity index is 2.87. The second kappa shape index (κ2) is 5.70. The molecule has 0 fully saturated rings. The highest BCUT2D eigenvalue weighted by Gasteiger charge is 2.11. The first-order valence-electron chi connectivity index (χ1n) is 5.23. The van der Waals surface area contributed by atoms with Crippen LogP contribution in [0.1, 0.15) is 13.8 Å². The maximum absolute atomic E-state index is 5.30. The fourth-order valence-corrected chi connectivity index (χ4v) is 1.69. The molecule has 3 nitrogen and oxygen atoms in total. The van der Waals surface area contributed by atoms with Crippen LogP contribution in [0.3, 0.4) is 0 Å². The molecule has 0 heterocycles. The quantitative estimate of drug-likeness (QED) is 0.817. The summed E-state index contributed by atoms with van der Waals surface area (Å²) in [6, 6.07) is 8.13. The van der Waals surface area contributed by atoms with Gasteiger partial charge in [0.2, 0.25) is 0 Å². The van der Waals surface area contributed by atoms with Gasteiger partial charge in [0.05, 0.1) is 12.8 Å². The lowest BCUT2D eigenvalue weighted by atomic mass is 10.3. The number of hydrogen-bond acceptors (Lipinski definition) is 2. The number of rotatable bonds is 3. The van der Waals surface area contributed by atoms with Crippen molar-refractivity contribution in [3.05, 3.63) is 24.3 Å². The molecule has 0 aromatic heterocycles. The zero-order chi connectivity index (χ0) is 12.1. The molecule has 0 atom stereocenters. The molecular weight excluding hydrogens is 220 g/mol. The number of ether oxygens (including phenoxy) is 1. The van der Waals surface area contributed by atoms with Crippen molar-refractivity contribution in [2.75, 3.05) is 19.1 Å². The van der Waals surface area contributed by atoms with E-state index in [1.54, 1.807) is 7.11 Å². The van der Waals surface area contributed by atoms with E-state index in [4.69, 9.17) is 17.0 Å². The Bertz CT molecular complexity index is 366. The number of thiocarbonyl (C=S) groups is 1. The van der Waals surface area contributed by atoms with E-state index in [2.05, 4.69) is 19.2 Å². The van der Waals surface area contributed by atoms with Crippen molar-refractivity contribution in [3.8, 4) is 5.75 Å². The Labute approximate surface area is 102 Å². The van der Waals surface area contributed by atoms with Gasteiger partial charge in [-0.15, -0.1) is 0 Å². The average molecular weight is 238 g/mol. The minimum Gasteiger partial charge on any atom is -0.495 e. The molecule has 0 bridgehead atoms. The van der Waals surface area contributed by atoms with E-state index in [-0.39, 0.29) is 0 Å². The normalized spacial score (nSPS) is 10.1. The summed E-state index contributed by atoms with van der Waals surface area (Å²) in [5.74, 6) is 0.818. The van der Waals surface area contributed by atoms with Gasteiger partial charge in [-0.1, -0.05) is 12.1 Å². The molecule has 0 spiro atoms. The van der Waals surface area contributed by atoms with Crippen LogP contribution in [0.15, 0.2) is 24.3 Å². The smallest absolute Gasteiger partial charge is 0.173 e. The lowest BCUT2D eigenvalue weighted by molar-refractivity contribution is 0.416. The third-order valence-electron chi connectivity index (χ3n) is 2.16. The lowest BCUT2D eigenvalue weighted by Crippen LogP contribution is -2.40. The zero-order valence-electron chi connectivity index (χ0n) is 10.2. The summed E-state index contributed by atoms with van der Waals surface area (Å²) in [6.45, 7) is 4.12. The second-order valence-corrected chi connectivity index (χ2v) is 4.22. The van der Waals surface area contributed by atoms with Gasteiger partial charge in [-0.05, 0) is 38.2 Å². The Morgan fingerprint density at radius 1 is 1.38 bits per heavy atom. The maximum Gasteiger partial charge on any atom is 0.173 e. The number of benzene rings is 1. The molecule has 16 heavy (non-hydrogen) atoms. The third-order valence-corrected chi connectivity index (χ3v) is 2.56. The SMILES string of the molecule is COc1ccccc1N(C)C(=S)NC(C)C. The first kappa shape index (κ1) is 12.8. The molecule has 1 rings (SSSR count). The fourth-order valence-electron chi connectivity index (χ4n) is 1.36. The fraction of sp³-hybridized carbons (Fsp3) is 0.417. The Hall–Kier alpha value is -1.29. The van der Waals surface area contributed by atoms with E-state index in [1.165, 1.54) is 0 Å². The van der Waals surface area contributed by atoms with Crippen molar-refractivity contribution >= 4 is 23.0 Å². The molecule has 88 valence electrons. The van der Waals surface area contributed by atoms with E-state index >= 15 is 0 Å². The summed E-state index contributed by atoms with van der Waals surface area (Å²) >= 11 is 5.30. The first-order chi connectivity index (χ1) is 7.56. The highest BCUT2D eigenvalue weighted by atomic mass is 32.1. The van der Waals surface area contributed by atoms with Crippen molar-refractivity contribution < 1.29 is 4.74 Å². The highest BCUT2D eigenvalue weighted by Crippen LogP contribution is 2.26. The molecule has 0 unspecified atom stereocenters. The average Bonchev–Trinajstić information content (AvgIpc) is 2.27. The van der Waals surface area contributed by atoms with Gasteiger partial charge in [-0.3, -0.25) is 0 Å². The number of hydrogen-bond donors (Lipinski definition) is 1. The van der Waals surface area contributed by atoms with Crippen LogP contribution >= 0.6 is 12.2 Å². The summed E-state index contributed by atoms with van der Waals surface area (Å²) in [5, 5.41) is 3.89. The zero-order valence-corrected chi connectivity index (χ0v) is 11.0. The van der Waals surface area contributed by atoms with Crippen molar-refractivity contribution in [3.63, 3.8) is 0 Å². The van der Waals surface area contributed by atoms with Gasteiger partial charge in [-0.2, -0.15) is 0 Å². The van der Waals surface area contributed by atoms with E-state index in [0.717, 1.165) is 11.4 Å². The van der Waals surface area contributed by atoms with Crippen molar-refractivity contribution in [2.24, 2.45) is 0 Å². The molecule has 0 radical (unpaired) electrons. The van der Waals surface area contributed by atoms with Gasteiger partial charge < -0.3 is 15.0 Å². The number of nitrogens with one attached hydrogen (secondary N) is 1. The number of para-hydroxylation sites is 2. The van der Waals surface area contributed by atoms with E-state index in [9.17, 15) is 0 Å². The van der Waals surface area contributed by atoms with Crippen LogP contribution in [0.25, 0.3) is 0 Å². The minimum atomic E-state index is 0.324. The molecule has 1 aromatic rings. The van der Waals surface area contributed by atoms with Gasteiger partial charge in [0.25, 0.3) is 0 Å². The number of nitrogens with zero attached hydrogens (tertiary/aromatic N) is 1. The summed E-state index contributed by atoms with van der Waals surface area (Å²) in [4.78, 5) is 1.91. The van der Waals surface area contributed by atoms with Crippen LogP contribution in [0, 0.1) is 0 Å². The van der Waals surface area contributed by atoms with Gasteiger partial charge in [0.1, 0.15) is 5.75 Å². The van der Waals surface area contributed by atoms with Gasteiger partial charge in [-0.25, -0.2) is 0 Å². The molecule has 0 saturated heterocycles. The molecule has 0 amide bonds. The maximum atomic E-state index is 5.30. The summed E-state index contributed by atoms with van der Waals surface area (Å²) in [7, 11) is 3.58. The van der Waals surface area contributed by atoms with E-state index in [1.807, 2.05) is 36.2 Å².